The third kappa shape index (κ3) is 4.25. The van der Waals surface area contributed by atoms with Gasteiger partial charge in [0.05, 0.1) is 12.6 Å². The van der Waals surface area contributed by atoms with Crippen molar-refractivity contribution in [2.45, 2.75) is 19.4 Å². The van der Waals surface area contributed by atoms with Crippen LogP contribution in [0.4, 0.5) is 5.69 Å². The number of ether oxygens (including phenoxy) is 1. The summed E-state index contributed by atoms with van der Waals surface area (Å²) in [5, 5.41) is 5.41. The minimum Gasteiger partial charge on any atom is -0.497 e. The summed E-state index contributed by atoms with van der Waals surface area (Å²) in [5.41, 5.74) is 2.37. The molecule has 0 saturated carbocycles. The number of piperazine rings is 1. The number of fused-ring (bicyclic) bond motifs is 1. The Bertz CT molecular complexity index is 1160. The summed E-state index contributed by atoms with van der Waals surface area (Å²) in [5.74, 6) is 0.811. The second-order valence-electron chi connectivity index (χ2n) is 8.59. The average molecular weight is 448 g/mol. The highest BCUT2D eigenvalue weighted by atomic mass is 16.5. The van der Waals surface area contributed by atoms with Crippen LogP contribution in [0.1, 0.15) is 23.3 Å². The maximum absolute atomic E-state index is 13.1. The van der Waals surface area contributed by atoms with Crippen LogP contribution in [-0.4, -0.2) is 77.8 Å². The Kier molecular flexibility index (Phi) is 5.90. The average Bonchev–Trinajstić information content (AvgIpc) is 3.53. The molecule has 1 aromatic heterocycles. The Hall–Kier alpha value is -3.55. The summed E-state index contributed by atoms with van der Waals surface area (Å²) >= 11 is 0. The summed E-state index contributed by atoms with van der Waals surface area (Å²) in [6, 6.07) is 15.7. The van der Waals surface area contributed by atoms with Gasteiger partial charge in [-0.25, -0.2) is 0 Å². The molecule has 3 aromatic rings. The van der Waals surface area contributed by atoms with Crippen molar-refractivity contribution in [2.75, 3.05) is 51.3 Å². The summed E-state index contributed by atoms with van der Waals surface area (Å²) in [6.45, 7) is 4.50. The van der Waals surface area contributed by atoms with E-state index >= 15 is 0 Å². The molecule has 33 heavy (non-hydrogen) atoms. The summed E-state index contributed by atoms with van der Waals surface area (Å²) in [7, 11) is 1.67. The van der Waals surface area contributed by atoms with Crippen LogP contribution in [0, 0.1) is 0 Å². The van der Waals surface area contributed by atoms with E-state index in [0.29, 0.717) is 18.8 Å². The van der Waals surface area contributed by atoms with Gasteiger partial charge in [-0.3, -0.25) is 14.3 Å². The van der Waals surface area contributed by atoms with E-state index in [1.807, 2.05) is 52.3 Å². The molecule has 172 valence electrons. The lowest BCUT2D eigenvalue weighted by Gasteiger charge is -2.36. The third-order valence-electron chi connectivity index (χ3n) is 6.59. The smallest absolute Gasteiger partial charge is 0.275 e. The number of hydrogen-bond donors (Lipinski definition) is 0. The number of benzene rings is 2. The Morgan fingerprint density at radius 2 is 1.67 bits per heavy atom. The van der Waals surface area contributed by atoms with Crippen molar-refractivity contribution >= 4 is 28.4 Å². The van der Waals surface area contributed by atoms with Crippen molar-refractivity contribution in [1.82, 2.24) is 19.6 Å². The quantitative estimate of drug-likeness (QED) is 0.601. The van der Waals surface area contributed by atoms with E-state index in [9.17, 15) is 9.59 Å². The largest absolute Gasteiger partial charge is 0.497 e. The normalized spacial score (nSPS) is 16.5. The predicted octanol–water partition coefficient (Wildman–Crippen LogP) is 2.63. The first-order valence-corrected chi connectivity index (χ1v) is 11.6. The Morgan fingerprint density at radius 1 is 0.909 bits per heavy atom. The predicted molar refractivity (Wildman–Crippen MR) is 127 cm³/mol. The summed E-state index contributed by atoms with van der Waals surface area (Å²) in [4.78, 5) is 32.2. The van der Waals surface area contributed by atoms with Gasteiger partial charge in [0.1, 0.15) is 12.3 Å². The summed E-state index contributed by atoms with van der Waals surface area (Å²) < 4.78 is 7.02. The van der Waals surface area contributed by atoms with Gasteiger partial charge in [0.2, 0.25) is 5.91 Å². The maximum Gasteiger partial charge on any atom is 0.275 e. The van der Waals surface area contributed by atoms with Gasteiger partial charge in [0, 0.05) is 56.4 Å². The molecular weight excluding hydrogens is 418 g/mol. The number of anilines is 1. The van der Waals surface area contributed by atoms with Gasteiger partial charge in [-0.05, 0) is 31.0 Å². The Morgan fingerprint density at radius 3 is 2.42 bits per heavy atom. The highest BCUT2D eigenvalue weighted by Gasteiger charge is 2.27. The molecule has 2 aliphatic rings. The molecule has 2 aliphatic heterocycles. The fourth-order valence-electron chi connectivity index (χ4n) is 4.73. The van der Waals surface area contributed by atoms with Crippen LogP contribution in [-0.2, 0) is 11.3 Å². The van der Waals surface area contributed by atoms with E-state index in [1.54, 1.807) is 11.8 Å². The van der Waals surface area contributed by atoms with Crippen molar-refractivity contribution in [1.29, 1.82) is 0 Å². The molecule has 0 N–H and O–H groups in total. The van der Waals surface area contributed by atoms with E-state index < -0.39 is 0 Å². The zero-order valence-corrected chi connectivity index (χ0v) is 18.9. The molecule has 0 radical (unpaired) electrons. The topological polar surface area (TPSA) is 70.9 Å². The molecule has 5 rings (SSSR count). The van der Waals surface area contributed by atoms with Crippen LogP contribution < -0.4 is 9.64 Å². The van der Waals surface area contributed by atoms with Crippen molar-refractivity contribution in [3.63, 3.8) is 0 Å². The van der Waals surface area contributed by atoms with Gasteiger partial charge < -0.3 is 19.4 Å². The molecule has 0 spiro atoms. The molecule has 0 unspecified atom stereocenters. The number of rotatable bonds is 5. The first-order chi connectivity index (χ1) is 16.1. The van der Waals surface area contributed by atoms with Gasteiger partial charge in [0.25, 0.3) is 5.91 Å². The molecule has 2 amide bonds. The van der Waals surface area contributed by atoms with Gasteiger partial charge in [-0.15, -0.1) is 0 Å². The monoisotopic (exact) mass is 447 g/mol. The Labute approximate surface area is 193 Å². The first kappa shape index (κ1) is 21.3. The zero-order chi connectivity index (χ0) is 22.8. The highest BCUT2D eigenvalue weighted by Crippen LogP contribution is 2.24. The second kappa shape index (κ2) is 9.13. The summed E-state index contributed by atoms with van der Waals surface area (Å²) in [6.07, 6.45) is 2.06. The number of carbonyl (C=O) groups excluding carboxylic acids is 2. The molecule has 2 aromatic carbocycles. The Balaban J connectivity index is 1.28. The van der Waals surface area contributed by atoms with Crippen LogP contribution in [0.15, 0.2) is 48.5 Å². The van der Waals surface area contributed by atoms with Crippen LogP contribution in [0.2, 0.25) is 0 Å². The number of likely N-dealkylation sites (tertiary alicyclic amines) is 1. The molecule has 2 saturated heterocycles. The lowest BCUT2D eigenvalue weighted by Crippen LogP contribution is -2.49. The molecule has 0 aliphatic carbocycles. The van der Waals surface area contributed by atoms with Crippen LogP contribution in [0.3, 0.4) is 0 Å². The van der Waals surface area contributed by atoms with E-state index in [1.165, 1.54) is 0 Å². The molecule has 2 fully saturated rings. The maximum atomic E-state index is 13.1. The van der Waals surface area contributed by atoms with Crippen LogP contribution in [0.5, 0.6) is 5.75 Å². The number of carbonyl (C=O) groups is 2. The molecular formula is C25H29N5O3. The van der Waals surface area contributed by atoms with Gasteiger partial charge in [0.15, 0.2) is 5.69 Å². The lowest BCUT2D eigenvalue weighted by atomic mass is 10.2. The second-order valence-corrected chi connectivity index (χ2v) is 8.59. The van der Waals surface area contributed by atoms with Gasteiger partial charge >= 0.3 is 0 Å². The van der Waals surface area contributed by atoms with Crippen molar-refractivity contribution in [2.24, 2.45) is 0 Å². The standard InChI is InChI=1S/C25H29N5O3/c1-33-20-8-6-7-19(17-20)27-13-15-28(16-14-27)23(31)18-30-22-10-3-2-9-21(22)24(26-30)25(32)29-11-4-5-12-29/h2-3,6-10,17H,4-5,11-16,18H2,1H3. The number of methoxy groups -OCH3 is 1. The fraction of sp³-hybridized carbons (Fsp3) is 0.400. The van der Waals surface area contributed by atoms with Crippen LogP contribution in [0.25, 0.3) is 10.9 Å². The highest BCUT2D eigenvalue weighted by molar-refractivity contribution is 6.05. The van der Waals surface area contributed by atoms with Crippen LogP contribution >= 0.6 is 0 Å². The van der Waals surface area contributed by atoms with Crippen molar-refractivity contribution in [3.8, 4) is 5.75 Å². The number of aromatic nitrogens is 2. The van der Waals surface area contributed by atoms with Crippen molar-refractivity contribution in [3.05, 3.63) is 54.2 Å². The number of amides is 2. The fourth-order valence-corrected chi connectivity index (χ4v) is 4.73. The minimum atomic E-state index is -0.0400. The molecule has 0 bridgehead atoms. The zero-order valence-electron chi connectivity index (χ0n) is 18.9. The number of para-hydroxylation sites is 1. The molecule has 0 atom stereocenters. The van der Waals surface area contributed by atoms with Gasteiger partial charge in [-0.1, -0.05) is 24.3 Å². The SMILES string of the molecule is COc1cccc(N2CCN(C(=O)Cn3nc(C(=O)N4CCCC4)c4ccccc43)CC2)c1. The molecule has 3 heterocycles. The number of nitrogens with zero attached hydrogens (tertiary/aromatic N) is 5. The van der Waals surface area contributed by atoms with Crippen molar-refractivity contribution < 1.29 is 14.3 Å². The minimum absolute atomic E-state index is 0.0220. The third-order valence-corrected chi connectivity index (χ3v) is 6.59. The van der Waals surface area contributed by atoms with E-state index in [2.05, 4.69) is 16.1 Å². The first-order valence-electron chi connectivity index (χ1n) is 11.6. The molecule has 8 nitrogen and oxygen atoms in total. The van der Waals surface area contributed by atoms with E-state index in [-0.39, 0.29) is 18.4 Å². The van der Waals surface area contributed by atoms with E-state index in [0.717, 1.165) is 61.4 Å². The van der Waals surface area contributed by atoms with Gasteiger partial charge in [-0.2, -0.15) is 5.10 Å². The lowest BCUT2D eigenvalue weighted by molar-refractivity contribution is -0.132. The molecule has 8 heteroatoms. The van der Waals surface area contributed by atoms with E-state index in [4.69, 9.17) is 4.74 Å². The number of hydrogen-bond acceptors (Lipinski definition) is 5.